The normalized spacial score (nSPS) is 13.5. The number of carbonyl (C=O) groups is 3. The molecule has 1 heterocycles. The molecule has 0 radical (unpaired) electrons. The summed E-state index contributed by atoms with van der Waals surface area (Å²) in [6.45, 7) is 3.21. The molecule has 3 aromatic rings. The Balaban J connectivity index is 1.77. The molecule has 6 nitrogen and oxygen atoms in total. The minimum absolute atomic E-state index is 0.0722. The fourth-order valence-corrected chi connectivity index (χ4v) is 3.79. The zero-order valence-electron chi connectivity index (χ0n) is 17.8. The van der Waals surface area contributed by atoms with Crippen molar-refractivity contribution < 1.29 is 18.8 Å². The van der Waals surface area contributed by atoms with Crippen molar-refractivity contribution >= 4 is 52.0 Å². The van der Waals surface area contributed by atoms with E-state index in [0.29, 0.717) is 27.6 Å². The Morgan fingerprint density at radius 1 is 0.939 bits per heavy atom. The maximum atomic E-state index is 13.5. The van der Waals surface area contributed by atoms with Crippen LogP contribution in [-0.2, 0) is 14.4 Å². The van der Waals surface area contributed by atoms with Crippen LogP contribution < -0.4 is 15.5 Å². The van der Waals surface area contributed by atoms with Crippen molar-refractivity contribution in [3.05, 3.63) is 94.4 Å². The molecule has 2 N–H and O–H groups in total. The molecule has 1 aliphatic rings. The third-order valence-electron chi connectivity index (χ3n) is 5.11. The number of carbonyl (C=O) groups excluding carboxylic acids is 3. The Morgan fingerprint density at radius 2 is 1.61 bits per heavy atom. The summed E-state index contributed by atoms with van der Waals surface area (Å²) in [7, 11) is 0. The lowest BCUT2D eigenvalue weighted by atomic mass is 10.0. The summed E-state index contributed by atoms with van der Waals surface area (Å²) in [6, 6.07) is 16.8. The summed E-state index contributed by atoms with van der Waals surface area (Å²) < 4.78 is 13.5. The van der Waals surface area contributed by atoms with Gasteiger partial charge in [0, 0.05) is 23.3 Å². The first-order valence-corrected chi connectivity index (χ1v) is 10.4. The van der Waals surface area contributed by atoms with E-state index in [-0.39, 0.29) is 17.2 Å². The lowest BCUT2D eigenvalue weighted by Crippen LogP contribution is -2.32. The summed E-state index contributed by atoms with van der Waals surface area (Å²) in [4.78, 5) is 39.2. The maximum Gasteiger partial charge on any atom is 0.282 e. The average Bonchev–Trinajstić information content (AvgIpc) is 3.00. The van der Waals surface area contributed by atoms with E-state index in [4.69, 9.17) is 11.6 Å². The smallest absolute Gasteiger partial charge is 0.282 e. The topological polar surface area (TPSA) is 78.5 Å². The zero-order chi connectivity index (χ0) is 23.7. The number of nitrogens with zero attached hydrogens (tertiary/aromatic N) is 1. The van der Waals surface area contributed by atoms with E-state index in [1.807, 2.05) is 6.92 Å². The summed E-state index contributed by atoms with van der Waals surface area (Å²) in [6.07, 6.45) is 0. The van der Waals surface area contributed by atoms with Gasteiger partial charge in [-0.2, -0.15) is 0 Å². The van der Waals surface area contributed by atoms with E-state index in [1.54, 1.807) is 42.5 Å². The maximum absolute atomic E-state index is 13.5. The Kier molecular flexibility index (Phi) is 5.98. The van der Waals surface area contributed by atoms with Gasteiger partial charge in [0.25, 0.3) is 11.8 Å². The fourth-order valence-electron chi connectivity index (χ4n) is 3.56. The Labute approximate surface area is 194 Å². The fraction of sp³-hybridized carbons (Fsp3) is 0.0800. The van der Waals surface area contributed by atoms with Crippen molar-refractivity contribution in [3.8, 4) is 0 Å². The number of benzene rings is 3. The molecule has 4 rings (SSSR count). The van der Waals surface area contributed by atoms with Crippen molar-refractivity contribution in [1.29, 1.82) is 0 Å². The highest BCUT2D eigenvalue weighted by Crippen LogP contribution is 2.35. The lowest BCUT2D eigenvalue weighted by Gasteiger charge is -2.16. The summed E-state index contributed by atoms with van der Waals surface area (Å²) >= 11 is 6.04. The van der Waals surface area contributed by atoms with Crippen LogP contribution in [0.25, 0.3) is 5.57 Å². The van der Waals surface area contributed by atoms with Crippen LogP contribution in [0.4, 0.5) is 21.5 Å². The van der Waals surface area contributed by atoms with Crippen LogP contribution >= 0.6 is 11.6 Å². The monoisotopic (exact) mass is 463 g/mol. The molecule has 0 unspecified atom stereocenters. The number of anilines is 3. The number of amides is 3. The van der Waals surface area contributed by atoms with Gasteiger partial charge in [0.1, 0.15) is 11.5 Å². The second-order valence-electron chi connectivity index (χ2n) is 7.51. The van der Waals surface area contributed by atoms with Gasteiger partial charge in [-0.3, -0.25) is 14.4 Å². The molecule has 0 atom stereocenters. The molecule has 0 aliphatic carbocycles. The van der Waals surface area contributed by atoms with Crippen LogP contribution in [0.3, 0.4) is 0 Å². The second-order valence-corrected chi connectivity index (χ2v) is 7.95. The van der Waals surface area contributed by atoms with Gasteiger partial charge in [0.15, 0.2) is 0 Å². The highest BCUT2D eigenvalue weighted by Gasteiger charge is 2.40. The van der Waals surface area contributed by atoms with Crippen LogP contribution in [-0.4, -0.2) is 17.7 Å². The van der Waals surface area contributed by atoms with Gasteiger partial charge < -0.3 is 10.6 Å². The highest BCUT2D eigenvalue weighted by molar-refractivity contribution is 6.46. The van der Waals surface area contributed by atoms with Crippen LogP contribution in [0.2, 0.25) is 5.02 Å². The predicted molar refractivity (Wildman–Crippen MR) is 126 cm³/mol. The van der Waals surface area contributed by atoms with Gasteiger partial charge in [-0.05, 0) is 72.6 Å². The predicted octanol–water partition coefficient (Wildman–Crippen LogP) is 5.14. The van der Waals surface area contributed by atoms with Gasteiger partial charge in [0.2, 0.25) is 5.91 Å². The third-order valence-corrected chi connectivity index (χ3v) is 5.35. The van der Waals surface area contributed by atoms with Crippen molar-refractivity contribution in [2.45, 2.75) is 13.8 Å². The Morgan fingerprint density at radius 3 is 2.21 bits per heavy atom. The second kappa shape index (κ2) is 8.88. The standard InChI is InChI=1S/C25H19ClFN3O3/c1-14-13-17(26)5-12-21(14)29-23-22(16-3-6-18(27)7-4-16)24(32)30(25(23)33)20-10-8-19(9-11-20)28-15(2)31/h3-13,29H,1-2H3,(H,28,31). The van der Waals surface area contributed by atoms with Crippen LogP contribution in [0, 0.1) is 12.7 Å². The number of hydrogen-bond donors (Lipinski definition) is 2. The van der Waals surface area contributed by atoms with Gasteiger partial charge in [-0.1, -0.05) is 23.7 Å². The Bertz CT molecular complexity index is 1300. The first kappa shape index (κ1) is 22.2. The van der Waals surface area contributed by atoms with Gasteiger partial charge in [-0.25, -0.2) is 9.29 Å². The molecular weight excluding hydrogens is 445 g/mol. The van der Waals surface area contributed by atoms with Crippen LogP contribution in [0.5, 0.6) is 0 Å². The molecule has 0 bridgehead atoms. The molecule has 3 aromatic carbocycles. The van der Waals surface area contributed by atoms with Crippen molar-refractivity contribution in [2.75, 3.05) is 15.5 Å². The van der Waals surface area contributed by atoms with Gasteiger partial charge in [0.05, 0.1) is 11.3 Å². The summed E-state index contributed by atoms with van der Waals surface area (Å²) in [5, 5.41) is 6.26. The van der Waals surface area contributed by atoms with Crippen LogP contribution in [0.15, 0.2) is 72.4 Å². The molecule has 3 amide bonds. The number of rotatable bonds is 5. The van der Waals surface area contributed by atoms with Crippen molar-refractivity contribution in [3.63, 3.8) is 0 Å². The molecule has 0 saturated heterocycles. The molecule has 8 heteroatoms. The molecule has 0 saturated carbocycles. The molecule has 0 fully saturated rings. The summed E-state index contributed by atoms with van der Waals surface area (Å²) in [5.74, 6) is -1.79. The quantitative estimate of drug-likeness (QED) is 0.513. The first-order valence-electron chi connectivity index (χ1n) is 10.0. The van der Waals surface area contributed by atoms with Gasteiger partial charge in [-0.15, -0.1) is 0 Å². The van der Waals surface area contributed by atoms with E-state index in [9.17, 15) is 18.8 Å². The van der Waals surface area contributed by atoms with E-state index in [0.717, 1.165) is 10.5 Å². The van der Waals surface area contributed by atoms with E-state index < -0.39 is 17.6 Å². The van der Waals surface area contributed by atoms with Crippen LogP contribution in [0.1, 0.15) is 18.1 Å². The SMILES string of the molecule is CC(=O)Nc1ccc(N2C(=O)C(Nc3ccc(Cl)cc3C)=C(c3ccc(F)cc3)C2=O)cc1. The molecule has 0 aromatic heterocycles. The van der Waals surface area contributed by atoms with E-state index in [1.165, 1.54) is 31.2 Å². The minimum atomic E-state index is -0.555. The van der Waals surface area contributed by atoms with Crippen molar-refractivity contribution in [1.82, 2.24) is 0 Å². The Hall–Kier alpha value is -3.97. The molecule has 1 aliphatic heterocycles. The van der Waals surface area contributed by atoms with Crippen molar-refractivity contribution in [2.24, 2.45) is 0 Å². The average molecular weight is 464 g/mol. The number of imide groups is 1. The number of halogens is 2. The first-order chi connectivity index (χ1) is 15.7. The molecule has 0 spiro atoms. The minimum Gasteiger partial charge on any atom is -0.350 e. The number of nitrogens with one attached hydrogen (secondary N) is 2. The zero-order valence-corrected chi connectivity index (χ0v) is 18.5. The molecule has 33 heavy (non-hydrogen) atoms. The van der Waals surface area contributed by atoms with E-state index >= 15 is 0 Å². The van der Waals surface area contributed by atoms with Gasteiger partial charge >= 0.3 is 0 Å². The number of hydrogen-bond acceptors (Lipinski definition) is 4. The van der Waals surface area contributed by atoms with E-state index in [2.05, 4.69) is 10.6 Å². The molecular formula is C25H19ClFN3O3. The third kappa shape index (κ3) is 4.49. The highest BCUT2D eigenvalue weighted by atomic mass is 35.5. The lowest BCUT2D eigenvalue weighted by molar-refractivity contribution is -0.120. The summed E-state index contributed by atoms with van der Waals surface area (Å²) in [5.41, 5.74) is 2.87. The number of aryl methyl sites for hydroxylation is 1. The molecule has 166 valence electrons. The largest absolute Gasteiger partial charge is 0.350 e.